The van der Waals surface area contributed by atoms with Crippen molar-refractivity contribution in [3.05, 3.63) is 53.1 Å². The molecule has 2 heterocycles. The molecule has 2 aromatic heterocycles. The van der Waals surface area contributed by atoms with Crippen LogP contribution >= 0.6 is 23.4 Å². The van der Waals surface area contributed by atoms with Crippen LogP contribution < -0.4 is 0 Å². The highest BCUT2D eigenvalue weighted by molar-refractivity contribution is 7.98. The van der Waals surface area contributed by atoms with Gasteiger partial charge in [0.25, 0.3) is 6.43 Å². The van der Waals surface area contributed by atoms with Crippen molar-refractivity contribution in [3.63, 3.8) is 0 Å². The SMILES string of the molecule is Oc1cc(C(F)F)nc(SCc2ncc(-c3ccccc3Cl)o2)n1. The Balaban J connectivity index is 1.73. The molecule has 0 saturated heterocycles. The fourth-order valence-corrected chi connectivity index (χ4v) is 2.84. The molecule has 0 amide bonds. The van der Waals surface area contributed by atoms with E-state index in [1.807, 2.05) is 6.07 Å². The van der Waals surface area contributed by atoms with Gasteiger partial charge in [-0.15, -0.1) is 0 Å². The van der Waals surface area contributed by atoms with Crippen molar-refractivity contribution in [2.45, 2.75) is 17.3 Å². The van der Waals surface area contributed by atoms with E-state index in [4.69, 9.17) is 16.0 Å². The van der Waals surface area contributed by atoms with E-state index in [2.05, 4.69) is 15.0 Å². The van der Waals surface area contributed by atoms with Crippen molar-refractivity contribution >= 4 is 23.4 Å². The number of benzene rings is 1. The molecule has 9 heteroatoms. The van der Waals surface area contributed by atoms with E-state index in [9.17, 15) is 13.9 Å². The van der Waals surface area contributed by atoms with Gasteiger partial charge in [0, 0.05) is 11.6 Å². The van der Waals surface area contributed by atoms with Crippen LogP contribution in [0, 0.1) is 0 Å². The van der Waals surface area contributed by atoms with Gasteiger partial charge >= 0.3 is 0 Å². The lowest BCUT2D eigenvalue weighted by Crippen LogP contribution is -1.95. The molecule has 0 spiro atoms. The van der Waals surface area contributed by atoms with E-state index < -0.39 is 18.0 Å². The maximum atomic E-state index is 12.7. The Hall–Kier alpha value is -2.19. The van der Waals surface area contributed by atoms with Crippen LogP contribution in [0.1, 0.15) is 18.0 Å². The number of oxazole rings is 1. The molecule has 0 atom stereocenters. The van der Waals surface area contributed by atoms with Crippen LogP contribution in [0.25, 0.3) is 11.3 Å². The fraction of sp³-hybridized carbons (Fsp3) is 0.133. The molecule has 124 valence electrons. The first-order valence-electron chi connectivity index (χ1n) is 6.71. The number of aromatic nitrogens is 3. The smallest absolute Gasteiger partial charge is 0.280 e. The largest absolute Gasteiger partial charge is 0.493 e. The van der Waals surface area contributed by atoms with E-state index in [0.29, 0.717) is 22.2 Å². The Bertz CT molecular complexity index is 860. The molecule has 3 rings (SSSR count). The lowest BCUT2D eigenvalue weighted by atomic mass is 10.2. The minimum atomic E-state index is -2.79. The molecular weight excluding hydrogens is 360 g/mol. The van der Waals surface area contributed by atoms with Crippen molar-refractivity contribution in [2.75, 3.05) is 0 Å². The molecule has 1 N–H and O–H groups in total. The summed E-state index contributed by atoms with van der Waals surface area (Å²) in [5.74, 6) is 0.574. The molecule has 0 aliphatic carbocycles. The molecule has 5 nitrogen and oxygen atoms in total. The van der Waals surface area contributed by atoms with Crippen molar-refractivity contribution in [1.29, 1.82) is 0 Å². The number of aromatic hydroxyl groups is 1. The van der Waals surface area contributed by atoms with Gasteiger partial charge in [-0.2, -0.15) is 4.98 Å². The number of alkyl halides is 2. The molecular formula is C15H10ClF2N3O2S. The second kappa shape index (κ2) is 7.14. The Morgan fingerprint density at radius 2 is 2.04 bits per heavy atom. The number of rotatable bonds is 5. The van der Waals surface area contributed by atoms with E-state index >= 15 is 0 Å². The lowest BCUT2D eigenvalue weighted by Gasteiger charge is -2.03. The highest BCUT2D eigenvalue weighted by atomic mass is 35.5. The molecule has 0 saturated carbocycles. The summed E-state index contributed by atoms with van der Waals surface area (Å²) in [7, 11) is 0. The highest BCUT2D eigenvalue weighted by Crippen LogP contribution is 2.30. The number of hydrogen-bond donors (Lipinski definition) is 1. The van der Waals surface area contributed by atoms with Crippen LogP contribution in [0.3, 0.4) is 0 Å². The molecule has 0 aliphatic rings. The minimum Gasteiger partial charge on any atom is -0.493 e. The Labute approximate surface area is 144 Å². The van der Waals surface area contributed by atoms with Gasteiger partial charge in [-0.3, -0.25) is 0 Å². The molecule has 24 heavy (non-hydrogen) atoms. The van der Waals surface area contributed by atoms with Gasteiger partial charge in [-0.25, -0.2) is 18.7 Å². The third-order valence-electron chi connectivity index (χ3n) is 2.95. The zero-order chi connectivity index (χ0) is 17.1. The second-order valence-electron chi connectivity index (χ2n) is 4.62. The van der Waals surface area contributed by atoms with Crippen LogP contribution in [0.2, 0.25) is 5.02 Å². The first kappa shape index (κ1) is 16.7. The topological polar surface area (TPSA) is 72.0 Å². The van der Waals surface area contributed by atoms with Crippen LogP contribution in [0.15, 0.2) is 46.1 Å². The average molecular weight is 370 g/mol. The molecule has 0 aliphatic heterocycles. The van der Waals surface area contributed by atoms with Crippen molar-refractivity contribution in [1.82, 2.24) is 15.0 Å². The van der Waals surface area contributed by atoms with Gasteiger partial charge in [0.2, 0.25) is 11.8 Å². The molecule has 3 aromatic rings. The van der Waals surface area contributed by atoms with E-state index in [1.165, 1.54) is 6.20 Å². The number of halogens is 3. The average Bonchev–Trinajstić information content (AvgIpc) is 3.01. The lowest BCUT2D eigenvalue weighted by molar-refractivity contribution is 0.144. The van der Waals surface area contributed by atoms with E-state index in [0.717, 1.165) is 17.8 Å². The zero-order valence-electron chi connectivity index (χ0n) is 12.0. The van der Waals surface area contributed by atoms with Crippen LogP contribution in [0.4, 0.5) is 8.78 Å². The standard InChI is InChI=1S/C15H10ClF2N3O2S/c16-9-4-2-1-3-8(9)11-6-19-13(23-11)7-24-15-20-10(14(17)18)5-12(22)21-15/h1-6,14H,7H2,(H,20,21,22). The van der Waals surface area contributed by atoms with Gasteiger partial charge in [0.1, 0.15) is 5.69 Å². The summed E-state index contributed by atoms with van der Waals surface area (Å²) >= 11 is 7.12. The van der Waals surface area contributed by atoms with E-state index in [-0.39, 0.29) is 10.9 Å². The van der Waals surface area contributed by atoms with Crippen molar-refractivity contribution in [3.8, 4) is 17.2 Å². The Morgan fingerprint density at radius 1 is 1.25 bits per heavy atom. The molecule has 0 unspecified atom stereocenters. The van der Waals surface area contributed by atoms with Gasteiger partial charge in [0.05, 0.1) is 17.0 Å². The summed E-state index contributed by atoms with van der Waals surface area (Å²) in [6.07, 6.45) is -1.25. The number of nitrogens with zero attached hydrogens (tertiary/aromatic N) is 3. The van der Waals surface area contributed by atoms with Crippen LogP contribution in [0.5, 0.6) is 5.88 Å². The minimum absolute atomic E-state index is 0.0165. The fourth-order valence-electron chi connectivity index (χ4n) is 1.90. The van der Waals surface area contributed by atoms with Gasteiger partial charge in [-0.1, -0.05) is 35.5 Å². The van der Waals surface area contributed by atoms with Gasteiger partial charge in [-0.05, 0) is 12.1 Å². The Kier molecular flexibility index (Phi) is 4.96. The summed E-state index contributed by atoms with van der Waals surface area (Å²) in [5.41, 5.74) is 0.172. The second-order valence-corrected chi connectivity index (χ2v) is 5.97. The van der Waals surface area contributed by atoms with Crippen molar-refractivity contribution in [2.24, 2.45) is 0 Å². The van der Waals surface area contributed by atoms with Crippen LogP contribution in [-0.2, 0) is 5.75 Å². The molecule has 0 bridgehead atoms. The number of thioether (sulfide) groups is 1. The maximum absolute atomic E-state index is 12.7. The third kappa shape index (κ3) is 3.82. The predicted octanol–water partition coefficient (Wildman–Crippen LogP) is 4.72. The summed E-state index contributed by atoms with van der Waals surface area (Å²) in [6, 6.07) is 7.99. The molecule has 0 radical (unpaired) electrons. The van der Waals surface area contributed by atoms with E-state index in [1.54, 1.807) is 18.2 Å². The normalized spacial score (nSPS) is 11.2. The quantitative estimate of drug-likeness (QED) is 0.518. The Morgan fingerprint density at radius 3 is 2.79 bits per heavy atom. The molecule has 0 fully saturated rings. The summed E-state index contributed by atoms with van der Waals surface area (Å²) in [6.45, 7) is 0. The molecule has 1 aromatic carbocycles. The first-order valence-corrected chi connectivity index (χ1v) is 8.08. The van der Waals surface area contributed by atoms with Crippen molar-refractivity contribution < 1.29 is 18.3 Å². The monoisotopic (exact) mass is 369 g/mol. The predicted molar refractivity (Wildman–Crippen MR) is 85.2 cm³/mol. The summed E-state index contributed by atoms with van der Waals surface area (Å²) < 4.78 is 30.9. The highest BCUT2D eigenvalue weighted by Gasteiger charge is 2.14. The number of hydrogen-bond acceptors (Lipinski definition) is 6. The summed E-state index contributed by atoms with van der Waals surface area (Å²) in [5, 5.41) is 9.92. The van der Waals surface area contributed by atoms with Crippen LogP contribution in [-0.4, -0.2) is 20.1 Å². The third-order valence-corrected chi connectivity index (χ3v) is 4.11. The maximum Gasteiger partial charge on any atom is 0.280 e. The summed E-state index contributed by atoms with van der Waals surface area (Å²) in [4.78, 5) is 11.5. The first-order chi connectivity index (χ1) is 11.5. The van der Waals surface area contributed by atoms with Gasteiger partial charge in [0.15, 0.2) is 10.9 Å². The zero-order valence-corrected chi connectivity index (χ0v) is 13.6. The van der Waals surface area contributed by atoms with Gasteiger partial charge < -0.3 is 9.52 Å².